The van der Waals surface area contributed by atoms with Gasteiger partial charge < -0.3 is 10.6 Å². The minimum atomic E-state index is 0.609. The van der Waals surface area contributed by atoms with Crippen LogP contribution in [0.3, 0.4) is 0 Å². The molecule has 5 nitrogen and oxygen atoms in total. The van der Waals surface area contributed by atoms with Crippen molar-refractivity contribution in [3.05, 3.63) is 11.9 Å². The number of rotatable bonds is 5. The summed E-state index contributed by atoms with van der Waals surface area (Å²) in [5.41, 5.74) is 7.00. The van der Waals surface area contributed by atoms with E-state index in [9.17, 15) is 0 Å². The van der Waals surface area contributed by atoms with Crippen LogP contribution >= 0.6 is 0 Å². The monoisotopic (exact) mass is 263 g/mol. The van der Waals surface area contributed by atoms with E-state index in [0.29, 0.717) is 11.9 Å². The second-order valence-corrected chi connectivity index (χ2v) is 5.22. The van der Waals surface area contributed by atoms with Crippen molar-refractivity contribution in [2.24, 2.45) is 0 Å². The summed E-state index contributed by atoms with van der Waals surface area (Å²) in [5, 5.41) is 0. The zero-order valence-electron chi connectivity index (χ0n) is 12.3. The van der Waals surface area contributed by atoms with E-state index in [1.807, 2.05) is 0 Å². The van der Waals surface area contributed by atoms with E-state index in [1.165, 1.54) is 19.4 Å². The molecule has 0 aliphatic carbocycles. The van der Waals surface area contributed by atoms with Gasteiger partial charge in [-0.25, -0.2) is 9.97 Å². The lowest BCUT2D eigenvalue weighted by molar-refractivity contribution is 0.270. The van der Waals surface area contributed by atoms with Crippen LogP contribution in [-0.2, 0) is 6.42 Å². The average Bonchev–Trinajstić information content (AvgIpc) is 2.85. The Labute approximate surface area is 115 Å². The van der Waals surface area contributed by atoms with Crippen molar-refractivity contribution in [2.75, 3.05) is 37.3 Å². The van der Waals surface area contributed by atoms with Gasteiger partial charge in [-0.1, -0.05) is 13.8 Å². The normalized spacial score (nSPS) is 19.8. The third-order valence-corrected chi connectivity index (χ3v) is 4.06. The topological polar surface area (TPSA) is 58.3 Å². The van der Waals surface area contributed by atoms with E-state index < -0.39 is 0 Å². The Balaban J connectivity index is 2.11. The Morgan fingerprint density at radius 2 is 2.21 bits per heavy atom. The molecule has 106 valence electrons. The largest absolute Gasteiger partial charge is 0.383 e. The first-order chi connectivity index (χ1) is 9.17. The molecule has 5 heteroatoms. The molecule has 1 atom stereocenters. The summed E-state index contributed by atoms with van der Waals surface area (Å²) >= 11 is 0. The van der Waals surface area contributed by atoms with Gasteiger partial charge >= 0.3 is 0 Å². The number of aromatic nitrogens is 2. The predicted molar refractivity (Wildman–Crippen MR) is 79.4 cm³/mol. The molecule has 1 aromatic rings. The van der Waals surface area contributed by atoms with Crippen LogP contribution in [0, 0.1) is 0 Å². The summed E-state index contributed by atoms with van der Waals surface area (Å²) in [6.45, 7) is 7.70. The van der Waals surface area contributed by atoms with Gasteiger partial charge in [0, 0.05) is 25.2 Å². The molecule has 0 radical (unpaired) electrons. The number of nitrogen functional groups attached to an aromatic ring is 1. The van der Waals surface area contributed by atoms with Crippen LogP contribution in [-0.4, -0.2) is 47.6 Å². The molecule has 2 rings (SSSR count). The average molecular weight is 263 g/mol. The van der Waals surface area contributed by atoms with Crippen LogP contribution in [0.1, 0.15) is 32.3 Å². The first-order valence-electron chi connectivity index (χ1n) is 7.21. The standard InChI is InChI=1S/C14H25N5/c1-4-12-13(15)16-10-17-14(12)18(3)9-11-7-6-8-19(11)5-2/h10-11H,4-9H2,1-3H3,(H2,15,16,17). The van der Waals surface area contributed by atoms with Crippen molar-refractivity contribution in [3.8, 4) is 0 Å². The second-order valence-electron chi connectivity index (χ2n) is 5.22. The summed E-state index contributed by atoms with van der Waals surface area (Å²) in [4.78, 5) is 13.3. The fraction of sp³-hybridized carbons (Fsp3) is 0.714. The molecular weight excluding hydrogens is 238 g/mol. The molecule has 1 aliphatic rings. The molecule has 2 heterocycles. The van der Waals surface area contributed by atoms with Crippen molar-refractivity contribution >= 4 is 11.6 Å². The highest BCUT2D eigenvalue weighted by Gasteiger charge is 2.25. The number of nitrogens with two attached hydrogens (primary N) is 1. The lowest BCUT2D eigenvalue weighted by Gasteiger charge is -2.29. The SMILES string of the molecule is CCc1c(N)ncnc1N(C)CC1CCCN1CC. The minimum absolute atomic E-state index is 0.609. The van der Waals surface area contributed by atoms with Gasteiger partial charge in [0.15, 0.2) is 0 Å². The molecule has 0 bridgehead atoms. The third-order valence-electron chi connectivity index (χ3n) is 4.06. The minimum Gasteiger partial charge on any atom is -0.383 e. The Hall–Kier alpha value is -1.36. The van der Waals surface area contributed by atoms with E-state index in [0.717, 1.165) is 30.9 Å². The molecule has 1 aliphatic heterocycles. The van der Waals surface area contributed by atoms with Gasteiger partial charge in [0.05, 0.1) is 0 Å². The van der Waals surface area contributed by atoms with E-state index >= 15 is 0 Å². The second kappa shape index (κ2) is 6.19. The highest BCUT2D eigenvalue weighted by atomic mass is 15.2. The molecule has 19 heavy (non-hydrogen) atoms. The Bertz CT molecular complexity index is 420. The summed E-state index contributed by atoms with van der Waals surface area (Å²) in [6, 6.07) is 0.635. The van der Waals surface area contributed by atoms with Gasteiger partial charge in [-0.3, -0.25) is 4.90 Å². The molecule has 0 saturated carbocycles. The maximum absolute atomic E-state index is 5.94. The van der Waals surface area contributed by atoms with Gasteiger partial charge in [-0.05, 0) is 32.4 Å². The van der Waals surface area contributed by atoms with E-state index in [-0.39, 0.29) is 0 Å². The first-order valence-corrected chi connectivity index (χ1v) is 7.21. The number of likely N-dealkylation sites (N-methyl/N-ethyl adjacent to an activating group) is 2. The van der Waals surface area contributed by atoms with Gasteiger partial charge in [0.25, 0.3) is 0 Å². The van der Waals surface area contributed by atoms with Crippen molar-refractivity contribution < 1.29 is 0 Å². The summed E-state index contributed by atoms with van der Waals surface area (Å²) in [7, 11) is 2.10. The number of hydrogen-bond donors (Lipinski definition) is 1. The fourth-order valence-corrected chi connectivity index (χ4v) is 3.01. The maximum atomic E-state index is 5.94. The van der Waals surface area contributed by atoms with Gasteiger partial charge in [0.2, 0.25) is 0 Å². The van der Waals surface area contributed by atoms with Crippen molar-refractivity contribution in [2.45, 2.75) is 39.2 Å². The van der Waals surface area contributed by atoms with Crippen LogP contribution in [0.15, 0.2) is 6.33 Å². The molecular formula is C14H25N5. The van der Waals surface area contributed by atoms with Gasteiger partial charge in [0.1, 0.15) is 18.0 Å². The molecule has 0 aromatic carbocycles. The fourth-order valence-electron chi connectivity index (χ4n) is 3.01. The highest BCUT2D eigenvalue weighted by molar-refractivity contribution is 5.56. The van der Waals surface area contributed by atoms with Crippen LogP contribution in [0.2, 0.25) is 0 Å². The zero-order chi connectivity index (χ0) is 13.8. The summed E-state index contributed by atoms with van der Waals surface area (Å²) in [5.74, 6) is 1.59. The van der Waals surface area contributed by atoms with Crippen molar-refractivity contribution in [3.63, 3.8) is 0 Å². The zero-order valence-corrected chi connectivity index (χ0v) is 12.3. The van der Waals surface area contributed by atoms with Crippen LogP contribution in [0.25, 0.3) is 0 Å². The third kappa shape index (κ3) is 2.97. The molecule has 1 fully saturated rings. The van der Waals surface area contributed by atoms with Gasteiger partial charge in [-0.2, -0.15) is 0 Å². The van der Waals surface area contributed by atoms with E-state index in [4.69, 9.17) is 5.73 Å². The van der Waals surface area contributed by atoms with Crippen molar-refractivity contribution in [1.29, 1.82) is 0 Å². The number of anilines is 2. The van der Waals surface area contributed by atoms with Crippen LogP contribution in [0.4, 0.5) is 11.6 Å². The Kier molecular flexibility index (Phi) is 4.58. The molecule has 1 unspecified atom stereocenters. The van der Waals surface area contributed by atoms with Gasteiger partial charge in [-0.15, -0.1) is 0 Å². The molecule has 1 saturated heterocycles. The maximum Gasteiger partial charge on any atom is 0.137 e. The quantitative estimate of drug-likeness (QED) is 0.873. The molecule has 1 aromatic heterocycles. The highest BCUT2D eigenvalue weighted by Crippen LogP contribution is 2.24. The molecule has 0 spiro atoms. The number of nitrogens with zero attached hydrogens (tertiary/aromatic N) is 4. The smallest absolute Gasteiger partial charge is 0.137 e. The molecule has 0 amide bonds. The molecule has 2 N–H and O–H groups in total. The lowest BCUT2D eigenvalue weighted by atomic mass is 10.1. The first kappa shape index (κ1) is 14.1. The lowest BCUT2D eigenvalue weighted by Crippen LogP contribution is -2.39. The summed E-state index contributed by atoms with van der Waals surface area (Å²) < 4.78 is 0. The van der Waals surface area contributed by atoms with Crippen LogP contribution in [0.5, 0.6) is 0 Å². The van der Waals surface area contributed by atoms with E-state index in [2.05, 4.69) is 40.7 Å². The predicted octanol–water partition coefficient (Wildman–Crippen LogP) is 1.54. The Morgan fingerprint density at radius 3 is 2.89 bits per heavy atom. The van der Waals surface area contributed by atoms with E-state index in [1.54, 1.807) is 6.33 Å². The summed E-state index contributed by atoms with van der Waals surface area (Å²) in [6.07, 6.45) is 5.01. The van der Waals surface area contributed by atoms with Crippen molar-refractivity contribution in [1.82, 2.24) is 14.9 Å². The number of likely N-dealkylation sites (tertiary alicyclic amines) is 1. The van der Waals surface area contributed by atoms with Crippen LogP contribution < -0.4 is 10.6 Å². The number of hydrogen-bond acceptors (Lipinski definition) is 5. The Morgan fingerprint density at radius 1 is 1.42 bits per heavy atom.